The molecule has 0 unspecified atom stereocenters. The summed E-state index contributed by atoms with van der Waals surface area (Å²) in [7, 11) is 0. The van der Waals surface area contributed by atoms with Crippen molar-refractivity contribution in [3.05, 3.63) is 5.53 Å². The number of ketones is 1. The summed E-state index contributed by atoms with van der Waals surface area (Å²) in [6.45, 7) is 0.949. The average Bonchev–Trinajstić information content (AvgIpc) is 2.87. The van der Waals surface area contributed by atoms with Gasteiger partial charge in [0.1, 0.15) is 6.10 Å². The van der Waals surface area contributed by atoms with Gasteiger partial charge in [-0.1, -0.05) is 0 Å². The third-order valence-corrected chi connectivity index (χ3v) is 3.43. The largest absolute Gasteiger partial charge is 0.452 e. The van der Waals surface area contributed by atoms with E-state index in [2.05, 4.69) is 4.79 Å². The van der Waals surface area contributed by atoms with Crippen LogP contribution < -0.4 is 0 Å². The van der Waals surface area contributed by atoms with Gasteiger partial charge in [-0.25, -0.2) is 4.79 Å². The van der Waals surface area contributed by atoms with Gasteiger partial charge < -0.3 is 19.7 Å². The lowest BCUT2D eigenvalue weighted by molar-refractivity contribution is -0.162. The minimum Gasteiger partial charge on any atom is -0.452 e. The van der Waals surface area contributed by atoms with Crippen molar-refractivity contribution in [3.8, 4) is 0 Å². The van der Waals surface area contributed by atoms with Gasteiger partial charge in [0.05, 0.1) is 19.1 Å². The molecule has 0 aromatic carbocycles. The Hall–Kier alpha value is -1.56. The predicted octanol–water partition coefficient (Wildman–Crippen LogP) is -0.695. The predicted molar refractivity (Wildman–Crippen MR) is 50.9 cm³/mol. The van der Waals surface area contributed by atoms with Crippen LogP contribution in [0.15, 0.2) is 0 Å². The summed E-state index contributed by atoms with van der Waals surface area (Å²) in [5.74, 6) is -2.72. The lowest BCUT2D eigenvalue weighted by atomic mass is 9.94. The molecular weight excluding hydrogens is 228 g/mol. The van der Waals surface area contributed by atoms with E-state index in [1.54, 1.807) is 0 Å². The number of hydrogen-bond acceptors (Lipinski definition) is 5. The Morgan fingerprint density at radius 3 is 2.59 bits per heavy atom. The molecule has 0 aromatic rings. The summed E-state index contributed by atoms with van der Waals surface area (Å²) in [6.07, 6.45) is 0.148. The highest BCUT2D eigenvalue weighted by Gasteiger charge is 2.59. The molecule has 1 aliphatic carbocycles. The third kappa shape index (κ3) is 1.44. The van der Waals surface area contributed by atoms with Crippen LogP contribution in [0.5, 0.6) is 0 Å². The molecule has 3 fully saturated rings. The van der Waals surface area contributed by atoms with Gasteiger partial charge in [-0.2, -0.15) is 4.79 Å². The van der Waals surface area contributed by atoms with Gasteiger partial charge >= 0.3 is 11.7 Å². The van der Waals surface area contributed by atoms with Gasteiger partial charge in [-0.3, -0.25) is 4.79 Å². The van der Waals surface area contributed by atoms with E-state index < -0.39 is 35.3 Å². The van der Waals surface area contributed by atoms with Crippen molar-refractivity contribution in [1.29, 1.82) is 0 Å². The Balaban J connectivity index is 1.90. The Bertz CT molecular complexity index is 448. The van der Waals surface area contributed by atoms with Crippen molar-refractivity contribution in [2.75, 3.05) is 13.2 Å². The second-order valence-corrected chi connectivity index (χ2v) is 4.38. The van der Waals surface area contributed by atoms with Crippen LogP contribution in [0.3, 0.4) is 0 Å². The van der Waals surface area contributed by atoms with Crippen LogP contribution >= 0.6 is 0 Å². The van der Waals surface area contributed by atoms with Crippen LogP contribution in [0.25, 0.3) is 5.53 Å². The highest BCUT2D eigenvalue weighted by Crippen LogP contribution is 2.44. The van der Waals surface area contributed by atoms with E-state index in [1.807, 2.05) is 0 Å². The second kappa shape index (κ2) is 3.46. The summed E-state index contributed by atoms with van der Waals surface area (Å²) in [6, 6.07) is 0. The molecule has 2 saturated heterocycles. The maximum atomic E-state index is 11.9. The van der Waals surface area contributed by atoms with Gasteiger partial charge in [0.25, 0.3) is 5.78 Å². The average molecular weight is 238 g/mol. The van der Waals surface area contributed by atoms with Crippen LogP contribution in [-0.2, 0) is 23.8 Å². The van der Waals surface area contributed by atoms with Crippen molar-refractivity contribution in [2.45, 2.75) is 24.7 Å². The smallest absolute Gasteiger partial charge is 0.441 e. The second-order valence-electron chi connectivity index (χ2n) is 4.38. The monoisotopic (exact) mass is 238 g/mol. The highest BCUT2D eigenvalue weighted by molar-refractivity contribution is 6.63. The van der Waals surface area contributed by atoms with Crippen LogP contribution in [0.2, 0.25) is 0 Å². The molecule has 90 valence electrons. The lowest BCUT2D eigenvalue weighted by Gasteiger charge is -2.20. The van der Waals surface area contributed by atoms with Gasteiger partial charge in [-0.15, -0.1) is 0 Å². The number of rotatable bonds is 0. The molecule has 7 heteroatoms. The summed E-state index contributed by atoms with van der Waals surface area (Å²) in [5, 5.41) is 0. The fourth-order valence-electron chi connectivity index (χ4n) is 2.68. The van der Waals surface area contributed by atoms with Crippen LogP contribution in [0.1, 0.15) is 12.8 Å². The molecule has 3 rings (SSSR count). The molecule has 0 radical (unpaired) electrons. The number of esters is 1. The van der Waals surface area contributed by atoms with Crippen LogP contribution in [0.4, 0.5) is 0 Å². The molecule has 2 atom stereocenters. The number of carbonyl (C=O) groups is 2. The van der Waals surface area contributed by atoms with E-state index in [4.69, 9.17) is 19.7 Å². The van der Waals surface area contributed by atoms with Gasteiger partial charge in [0.2, 0.25) is 0 Å². The molecule has 0 bridgehead atoms. The molecule has 7 nitrogen and oxygen atoms in total. The van der Waals surface area contributed by atoms with Crippen molar-refractivity contribution in [3.63, 3.8) is 0 Å². The Morgan fingerprint density at radius 2 is 1.94 bits per heavy atom. The molecule has 0 aromatic heterocycles. The molecule has 1 saturated carbocycles. The van der Waals surface area contributed by atoms with Gasteiger partial charge in [0.15, 0.2) is 5.79 Å². The molecule has 0 amide bonds. The number of hydrogen-bond donors (Lipinski definition) is 0. The molecule has 3 aliphatic rings. The zero-order chi connectivity index (χ0) is 12.0. The van der Waals surface area contributed by atoms with Crippen molar-refractivity contribution < 1.29 is 28.6 Å². The van der Waals surface area contributed by atoms with Crippen LogP contribution in [0, 0.1) is 5.92 Å². The summed E-state index contributed by atoms with van der Waals surface area (Å²) >= 11 is 0. The summed E-state index contributed by atoms with van der Waals surface area (Å²) in [5.41, 5.74) is 8.07. The SMILES string of the molecule is [N-]=[N+]=C1C(=O)O[C@@H]2CC3(C[C@@H]2C1=O)OCCO3. The molecule has 1 spiro atoms. The molecule has 2 aliphatic heterocycles. The standard InChI is InChI=1S/C10H10N2O5/c11-12-7-8(13)5-3-10(15-1-2-16-10)4-6(5)17-9(7)14/h5-6H,1-4H2/t5-,6+/m0/s1. The Morgan fingerprint density at radius 1 is 1.24 bits per heavy atom. The highest BCUT2D eigenvalue weighted by atomic mass is 16.7. The quantitative estimate of drug-likeness (QED) is 0.316. The molecule has 2 heterocycles. The van der Waals surface area contributed by atoms with Crippen molar-refractivity contribution in [1.82, 2.24) is 0 Å². The first-order chi connectivity index (χ1) is 8.15. The Kier molecular flexibility index (Phi) is 2.16. The number of fused-ring (bicyclic) bond motifs is 1. The van der Waals surface area contributed by atoms with E-state index in [1.165, 1.54) is 0 Å². The molecule has 0 N–H and O–H groups in total. The number of Topliss-reactive ketones (excluding diaryl/α,β-unsaturated/α-hetero) is 1. The Labute approximate surface area is 96.3 Å². The maximum absolute atomic E-state index is 11.9. The zero-order valence-corrected chi connectivity index (χ0v) is 8.92. The maximum Gasteiger partial charge on any atom is 0.441 e. The minimum absolute atomic E-state index is 0.336. The zero-order valence-electron chi connectivity index (χ0n) is 8.92. The number of carbonyl (C=O) groups excluding carboxylic acids is 2. The molecule has 17 heavy (non-hydrogen) atoms. The van der Waals surface area contributed by atoms with Crippen LogP contribution in [-0.4, -0.2) is 47.4 Å². The fourth-order valence-corrected chi connectivity index (χ4v) is 2.68. The normalized spacial score (nSPS) is 34.7. The lowest BCUT2D eigenvalue weighted by Crippen LogP contribution is -2.44. The number of ether oxygens (including phenoxy) is 3. The third-order valence-electron chi connectivity index (χ3n) is 3.43. The topological polar surface area (TPSA) is 98.2 Å². The van der Waals surface area contributed by atoms with E-state index >= 15 is 0 Å². The first kappa shape index (κ1) is 10.6. The van der Waals surface area contributed by atoms with Crippen molar-refractivity contribution >= 4 is 17.5 Å². The van der Waals surface area contributed by atoms with E-state index in [0.717, 1.165) is 0 Å². The fraction of sp³-hybridized carbons (Fsp3) is 0.700. The first-order valence-electron chi connectivity index (χ1n) is 5.40. The van der Waals surface area contributed by atoms with E-state index in [9.17, 15) is 9.59 Å². The van der Waals surface area contributed by atoms with E-state index in [0.29, 0.717) is 26.1 Å². The minimum atomic E-state index is -0.881. The van der Waals surface area contributed by atoms with Gasteiger partial charge in [-0.05, 0) is 0 Å². The summed E-state index contributed by atoms with van der Waals surface area (Å²) < 4.78 is 16.0. The van der Waals surface area contributed by atoms with Gasteiger partial charge in [0, 0.05) is 12.8 Å². The first-order valence-corrected chi connectivity index (χ1v) is 5.40. The summed E-state index contributed by atoms with van der Waals surface area (Å²) in [4.78, 5) is 25.9. The molecular formula is C10H10N2O5. The van der Waals surface area contributed by atoms with E-state index in [-0.39, 0.29) is 0 Å². The number of nitrogens with zero attached hydrogens (tertiary/aromatic N) is 2. The van der Waals surface area contributed by atoms with Crippen molar-refractivity contribution in [2.24, 2.45) is 5.92 Å².